The van der Waals surface area contributed by atoms with Crippen molar-refractivity contribution in [2.75, 3.05) is 26.4 Å². The number of hydrogen-bond donors (Lipinski definition) is 2. The van der Waals surface area contributed by atoms with Crippen LogP contribution in [0.25, 0.3) is 17.2 Å². The Morgan fingerprint density at radius 1 is 1.03 bits per heavy atom. The van der Waals surface area contributed by atoms with E-state index < -0.39 is 10.0 Å². The maximum absolute atomic E-state index is 13.5. The topological polar surface area (TPSA) is 144 Å². The van der Waals surface area contributed by atoms with Crippen molar-refractivity contribution in [3.05, 3.63) is 77.6 Å². The number of carbonyl (C=O) groups excluding carboxylic acids is 1. The van der Waals surface area contributed by atoms with Crippen molar-refractivity contribution < 1.29 is 18.0 Å². The number of sulfonamides is 1. The quantitative estimate of drug-likeness (QED) is 0.306. The van der Waals surface area contributed by atoms with E-state index in [-0.39, 0.29) is 29.7 Å². The Bertz CT molecular complexity index is 1530. The van der Waals surface area contributed by atoms with Gasteiger partial charge in [-0.25, -0.2) is 22.8 Å². The molecule has 0 bridgehead atoms. The van der Waals surface area contributed by atoms with Gasteiger partial charge in [0.05, 0.1) is 5.69 Å². The molecule has 0 atom stereocenters. The second-order valence-electron chi connectivity index (χ2n) is 9.34. The van der Waals surface area contributed by atoms with E-state index in [9.17, 15) is 13.2 Å². The van der Waals surface area contributed by atoms with Crippen LogP contribution in [0.1, 0.15) is 30.9 Å². The normalized spacial score (nSPS) is 13.3. The van der Waals surface area contributed by atoms with Crippen LogP contribution in [0.15, 0.2) is 76.4 Å². The number of amides is 1. The number of hydroxylamine groups is 2. The fourth-order valence-electron chi connectivity index (χ4n) is 3.99. The van der Waals surface area contributed by atoms with E-state index in [4.69, 9.17) is 16.3 Å². The van der Waals surface area contributed by atoms with E-state index in [1.165, 1.54) is 25.4 Å². The molecule has 1 aliphatic heterocycles. The lowest BCUT2D eigenvalue weighted by molar-refractivity contribution is -0.187. The Kier molecular flexibility index (Phi) is 8.44. The third kappa shape index (κ3) is 6.51. The number of benzene rings is 2. The van der Waals surface area contributed by atoms with Gasteiger partial charge in [0.25, 0.3) is 5.91 Å². The first-order valence-corrected chi connectivity index (χ1v) is 13.9. The summed E-state index contributed by atoms with van der Waals surface area (Å²) in [5.74, 6) is -0.00397. The minimum Gasteiger partial charge on any atom is -0.399 e. The molecular formula is C28H32N6O4S. The minimum atomic E-state index is -3.64. The number of hydrogen-bond acceptors (Lipinski definition) is 8. The second kappa shape index (κ2) is 11.8. The number of pyridine rings is 1. The van der Waals surface area contributed by atoms with Gasteiger partial charge in [-0.1, -0.05) is 31.2 Å². The fourth-order valence-corrected chi connectivity index (χ4v) is 4.88. The predicted octanol–water partition coefficient (Wildman–Crippen LogP) is 3.73. The minimum absolute atomic E-state index is 0.0886. The van der Waals surface area contributed by atoms with Gasteiger partial charge in [-0.15, -0.1) is 0 Å². The van der Waals surface area contributed by atoms with Crippen molar-refractivity contribution in [3.8, 4) is 11.1 Å². The lowest BCUT2D eigenvalue weighted by Gasteiger charge is -2.22. The van der Waals surface area contributed by atoms with E-state index in [0.717, 1.165) is 15.4 Å². The van der Waals surface area contributed by atoms with Crippen LogP contribution < -0.4 is 11.5 Å². The van der Waals surface area contributed by atoms with E-state index in [1.807, 2.05) is 31.2 Å². The molecule has 0 unspecified atom stereocenters. The van der Waals surface area contributed by atoms with E-state index in [2.05, 4.69) is 9.98 Å². The number of nitrogen functional groups attached to an aromatic ring is 1. The van der Waals surface area contributed by atoms with Gasteiger partial charge in [-0.2, -0.15) is 0 Å². The molecular weight excluding hydrogens is 516 g/mol. The zero-order valence-electron chi connectivity index (χ0n) is 22.2. The van der Waals surface area contributed by atoms with Crippen molar-refractivity contribution in [1.29, 1.82) is 0 Å². The van der Waals surface area contributed by atoms with E-state index in [1.54, 1.807) is 36.5 Å². The summed E-state index contributed by atoms with van der Waals surface area (Å²) in [6.07, 6.45) is 5.54. The number of anilines is 1. The van der Waals surface area contributed by atoms with Crippen LogP contribution >= 0.6 is 0 Å². The smallest absolute Gasteiger partial charge is 0.273 e. The van der Waals surface area contributed by atoms with Crippen LogP contribution in [0.5, 0.6) is 0 Å². The van der Waals surface area contributed by atoms with E-state index >= 15 is 0 Å². The SMILES string of the molecule is CCCN(OCc1ccc(N)cc1)C(=O)C1=Cc2ccc(-c3cncc(S(=O)(=O)N(C)C)c3)cc2N=C(N)C1. The van der Waals surface area contributed by atoms with Gasteiger partial charge in [-0.05, 0) is 47.9 Å². The molecule has 4 N–H and O–H groups in total. The summed E-state index contributed by atoms with van der Waals surface area (Å²) in [5.41, 5.74) is 16.6. The molecule has 0 radical (unpaired) electrons. The standard InChI is InChI=1S/C28H32N6O4S/c1-4-11-34(38-18-19-5-9-24(29)10-6-19)28(35)22-12-21-8-7-20(14-26(21)32-27(30)15-22)23-13-25(17-31-16-23)39(36,37)33(2)3/h5-10,12-14,16-17H,4,11,15,18,29H2,1-3H3,(H2,30,32). The maximum Gasteiger partial charge on any atom is 0.273 e. The van der Waals surface area contributed by atoms with Crippen molar-refractivity contribution in [2.24, 2.45) is 10.7 Å². The third-order valence-electron chi connectivity index (χ3n) is 6.12. The monoisotopic (exact) mass is 548 g/mol. The zero-order valence-corrected chi connectivity index (χ0v) is 23.0. The number of aliphatic imine (C=N–C) groups is 1. The molecule has 0 spiro atoms. The predicted molar refractivity (Wildman–Crippen MR) is 152 cm³/mol. The van der Waals surface area contributed by atoms with Crippen LogP contribution in [0.3, 0.4) is 0 Å². The molecule has 3 aromatic rings. The number of nitrogens with zero attached hydrogens (tertiary/aromatic N) is 4. The summed E-state index contributed by atoms with van der Waals surface area (Å²) in [6.45, 7) is 2.60. The highest BCUT2D eigenvalue weighted by Gasteiger charge is 2.23. The van der Waals surface area contributed by atoms with Crippen LogP contribution in [0, 0.1) is 0 Å². The van der Waals surface area contributed by atoms with Gasteiger partial charge in [0, 0.05) is 61.8 Å². The summed E-state index contributed by atoms with van der Waals surface area (Å²) < 4.78 is 26.3. The molecule has 1 amide bonds. The number of nitrogens with two attached hydrogens (primary N) is 2. The van der Waals surface area contributed by atoms with Crippen molar-refractivity contribution in [1.82, 2.24) is 14.4 Å². The summed E-state index contributed by atoms with van der Waals surface area (Å²) in [5, 5.41) is 1.36. The Hall–Kier alpha value is -4.06. The lowest BCUT2D eigenvalue weighted by Crippen LogP contribution is -2.34. The van der Waals surface area contributed by atoms with Gasteiger partial charge < -0.3 is 11.5 Å². The summed E-state index contributed by atoms with van der Waals surface area (Å²) in [7, 11) is -0.700. The molecule has 2 heterocycles. The van der Waals surface area contributed by atoms with Gasteiger partial charge in [-0.3, -0.25) is 14.6 Å². The highest BCUT2D eigenvalue weighted by Crippen LogP contribution is 2.32. The molecule has 1 aromatic heterocycles. The molecule has 39 heavy (non-hydrogen) atoms. The summed E-state index contributed by atoms with van der Waals surface area (Å²) >= 11 is 0. The highest BCUT2D eigenvalue weighted by atomic mass is 32.2. The first kappa shape index (κ1) is 28.0. The Labute approximate surface area is 228 Å². The maximum atomic E-state index is 13.5. The average molecular weight is 549 g/mol. The van der Waals surface area contributed by atoms with Crippen molar-refractivity contribution in [2.45, 2.75) is 31.3 Å². The van der Waals surface area contributed by atoms with Crippen LogP contribution in [-0.2, 0) is 26.3 Å². The molecule has 10 nitrogen and oxygen atoms in total. The largest absolute Gasteiger partial charge is 0.399 e. The summed E-state index contributed by atoms with van der Waals surface area (Å²) in [4.78, 5) is 28.1. The Balaban J connectivity index is 1.61. The Morgan fingerprint density at radius 3 is 2.46 bits per heavy atom. The molecule has 1 aliphatic rings. The van der Waals surface area contributed by atoms with Crippen LogP contribution in [-0.4, -0.2) is 55.2 Å². The van der Waals surface area contributed by atoms with Crippen molar-refractivity contribution >= 4 is 39.2 Å². The number of carbonyl (C=O) groups is 1. The van der Waals surface area contributed by atoms with Gasteiger partial charge >= 0.3 is 0 Å². The number of aromatic nitrogens is 1. The van der Waals surface area contributed by atoms with Crippen molar-refractivity contribution in [3.63, 3.8) is 0 Å². The van der Waals surface area contributed by atoms with Crippen LogP contribution in [0.2, 0.25) is 0 Å². The average Bonchev–Trinajstić information content (AvgIpc) is 3.09. The third-order valence-corrected chi connectivity index (χ3v) is 7.90. The lowest BCUT2D eigenvalue weighted by atomic mass is 10.0. The van der Waals surface area contributed by atoms with Gasteiger partial charge in [0.1, 0.15) is 17.3 Å². The Morgan fingerprint density at radius 2 is 1.77 bits per heavy atom. The molecule has 2 aromatic carbocycles. The first-order valence-electron chi connectivity index (χ1n) is 12.4. The second-order valence-corrected chi connectivity index (χ2v) is 11.5. The molecule has 0 saturated carbocycles. The molecule has 0 fully saturated rings. The molecule has 11 heteroatoms. The van der Waals surface area contributed by atoms with E-state index in [0.29, 0.717) is 41.0 Å². The summed E-state index contributed by atoms with van der Waals surface area (Å²) in [6, 6.07) is 14.3. The zero-order chi connectivity index (χ0) is 28.2. The molecule has 0 aliphatic carbocycles. The number of rotatable bonds is 9. The number of fused-ring (bicyclic) bond motifs is 1. The highest BCUT2D eigenvalue weighted by molar-refractivity contribution is 7.89. The molecule has 0 saturated heterocycles. The molecule has 204 valence electrons. The van der Waals surface area contributed by atoms with Gasteiger partial charge in [0.2, 0.25) is 10.0 Å². The fraction of sp³-hybridized carbons (Fsp3) is 0.250. The number of amidine groups is 1. The van der Waals surface area contributed by atoms with Crippen LogP contribution in [0.4, 0.5) is 11.4 Å². The first-order chi connectivity index (χ1) is 18.6. The van der Waals surface area contributed by atoms with Gasteiger partial charge in [0.15, 0.2) is 0 Å². The molecule has 4 rings (SSSR count).